The van der Waals surface area contributed by atoms with Crippen molar-refractivity contribution in [3.05, 3.63) is 16.1 Å². The number of halogens is 1. The maximum Gasteiger partial charge on any atom is 0.167 e. The fraction of sp³-hybridized carbons (Fsp3) is 0.500. The van der Waals surface area contributed by atoms with Crippen LogP contribution in [0.15, 0.2) is 12.5 Å². The van der Waals surface area contributed by atoms with Crippen molar-refractivity contribution in [2.75, 3.05) is 12.1 Å². The SMILES string of the molecule is C[C@@]1(O)[C@H](O)[C@@H](CO)O[C@H]1n1cc(I)c2c(NO)ncnc21. The predicted octanol–water partition coefficient (Wildman–Crippen LogP) is -0.161. The summed E-state index contributed by atoms with van der Waals surface area (Å²) in [5.41, 5.74) is 0.814. The third-order valence-electron chi connectivity index (χ3n) is 3.86. The molecule has 0 aliphatic carbocycles. The molecule has 4 atom stereocenters. The number of aliphatic hydroxyl groups excluding tert-OH is 2. The second kappa shape index (κ2) is 5.54. The van der Waals surface area contributed by atoms with Crippen molar-refractivity contribution in [1.29, 1.82) is 0 Å². The number of fused-ring (bicyclic) bond motifs is 1. The van der Waals surface area contributed by atoms with Crippen LogP contribution in [0.25, 0.3) is 11.0 Å². The van der Waals surface area contributed by atoms with Crippen LogP contribution in [0, 0.1) is 3.57 Å². The lowest BCUT2D eigenvalue weighted by Crippen LogP contribution is -2.44. The molecule has 0 saturated carbocycles. The Kier molecular flexibility index (Phi) is 3.99. The summed E-state index contributed by atoms with van der Waals surface area (Å²) in [6.45, 7) is 1.02. The number of hydrogen-bond acceptors (Lipinski definition) is 8. The summed E-state index contributed by atoms with van der Waals surface area (Å²) >= 11 is 2.04. The Hall–Kier alpha value is -1.05. The van der Waals surface area contributed by atoms with Gasteiger partial charge in [0.15, 0.2) is 12.0 Å². The second-order valence-electron chi connectivity index (χ2n) is 5.30. The lowest BCUT2D eigenvalue weighted by molar-refractivity contribution is -0.0948. The van der Waals surface area contributed by atoms with Crippen molar-refractivity contribution in [3.8, 4) is 0 Å². The van der Waals surface area contributed by atoms with E-state index in [4.69, 9.17) is 9.94 Å². The first-order chi connectivity index (χ1) is 10.4. The minimum Gasteiger partial charge on any atom is -0.394 e. The molecule has 1 saturated heterocycles. The number of aliphatic hydroxyl groups is 3. The Balaban J connectivity index is 2.15. The Labute approximate surface area is 138 Å². The molecule has 1 fully saturated rings. The van der Waals surface area contributed by atoms with Gasteiger partial charge in [0.05, 0.1) is 12.0 Å². The zero-order chi connectivity index (χ0) is 16.1. The van der Waals surface area contributed by atoms with Crippen LogP contribution in [0.2, 0.25) is 0 Å². The van der Waals surface area contributed by atoms with Crippen LogP contribution < -0.4 is 5.48 Å². The van der Waals surface area contributed by atoms with Crippen LogP contribution in [0.1, 0.15) is 13.2 Å². The van der Waals surface area contributed by atoms with E-state index in [1.807, 2.05) is 28.1 Å². The molecule has 3 heterocycles. The highest BCUT2D eigenvalue weighted by atomic mass is 127. The molecule has 5 N–H and O–H groups in total. The van der Waals surface area contributed by atoms with Crippen LogP contribution in [-0.2, 0) is 4.74 Å². The highest BCUT2D eigenvalue weighted by molar-refractivity contribution is 14.1. The van der Waals surface area contributed by atoms with Crippen molar-refractivity contribution in [2.24, 2.45) is 0 Å². The van der Waals surface area contributed by atoms with E-state index in [1.165, 1.54) is 13.3 Å². The molecule has 0 spiro atoms. The first-order valence-corrected chi connectivity index (χ1v) is 7.57. The molecule has 0 amide bonds. The van der Waals surface area contributed by atoms with Gasteiger partial charge in [-0.1, -0.05) is 0 Å². The monoisotopic (exact) mass is 422 g/mol. The van der Waals surface area contributed by atoms with Gasteiger partial charge in [0, 0.05) is 9.77 Å². The zero-order valence-corrected chi connectivity index (χ0v) is 13.7. The summed E-state index contributed by atoms with van der Waals surface area (Å²) in [5.74, 6) is 0.227. The van der Waals surface area contributed by atoms with Crippen molar-refractivity contribution in [3.63, 3.8) is 0 Å². The topological polar surface area (TPSA) is 133 Å². The summed E-state index contributed by atoms with van der Waals surface area (Å²) in [7, 11) is 0. The molecule has 3 rings (SSSR count). The van der Waals surface area contributed by atoms with E-state index in [0.717, 1.165) is 3.57 Å². The number of anilines is 1. The Morgan fingerprint density at radius 3 is 2.82 bits per heavy atom. The molecule has 120 valence electrons. The van der Waals surface area contributed by atoms with Crippen LogP contribution in [0.4, 0.5) is 5.82 Å². The van der Waals surface area contributed by atoms with Crippen molar-refractivity contribution >= 4 is 39.4 Å². The Morgan fingerprint density at radius 1 is 1.50 bits per heavy atom. The molecular weight excluding hydrogens is 407 g/mol. The molecule has 0 bridgehead atoms. The maximum atomic E-state index is 10.6. The van der Waals surface area contributed by atoms with E-state index in [1.54, 1.807) is 10.8 Å². The molecule has 9 nitrogen and oxygen atoms in total. The van der Waals surface area contributed by atoms with E-state index in [2.05, 4.69) is 9.97 Å². The molecule has 10 heteroatoms. The van der Waals surface area contributed by atoms with Crippen LogP contribution in [0.3, 0.4) is 0 Å². The van der Waals surface area contributed by atoms with E-state index in [-0.39, 0.29) is 5.82 Å². The Bertz CT molecular complexity index is 706. The van der Waals surface area contributed by atoms with Gasteiger partial charge in [0.2, 0.25) is 0 Å². The van der Waals surface area contributed by atoms with Crippen LogP contribution in [-0.4, -0.2) is 59.5 Å². The van der Waals surface area contributed by atoms with Crippen molar-refractivity contribution < 1.29 is 25.3 Å². The van der Waals surface area contributed by atoms with Crippen molar-refractivity contribution in [1.82, 2.24) is 14.5 Å². The van der Waals surface area contributed by atoms with Gasteiger partial charge in [-0.05, 0) is 29.5 Å². The highest BCUT2D eigenvalue weighted by Crippen LogP contribution is 2.41. The zero-order valence-electron chi connectivity index (χ0n) is 11.5. The predicted molar refractivity (Wildman–Crippen MR) is 83.3 cm³/mol. The first kappa shape index (κ1) is 15.8. The van der Waals surface area contributed by atoms with E-state index in [0.29, 0.717) is 11.0 Å². The van der Waals surface area contributed by atoms with E-state index in [9.17, 15) is 15.3 Å². The second-order valence-corrected chi connectivity index (χ2v) is 6.46. The van der Waals surface area contributed by atoms with Crippen molar-refractivity contribution in [2.45, 2.75) is 31.0 Å². The van der Waals surface area contributed by atoms with Crippen LogP contribution in [0.5, 0.6) is 0 Å². The van der Waals surface area contributed by atoms with Gasteiger partial charge >= 0.3 is 0 Å². The standard InChI is InChI=1S/C12H15IN4O5/c1-12(20)8(19)6(3-18)22-11(12)17-2-5(13)7-9(16-21)14-4-15-10(7)17/h2,4,6,8,11,18-21H,3H2,1H3,(H,14,15,16)/t6-,8-,11-,12-/m1/s1. The molecule has 1 aliphatic heterocycles. The van der Waals surface area contributed by atoms with Gasteiger partial charge in [0.25, 0.3) is 0 Å². The largest absolute Gasteiger partial charge is 0.394 e. The summed E-state index contributed by atoms with van der Waals surface area (Å²) in [5, 5.41) is 39.6. The number of ether oxygens (including phenoxy) is 1. The minimum atomic E-state index is -1.61. The molecule has 22 heavy (non-hydrogen) atoms. The van der Waals surface area contributed by atoms with E-state index >= 15 is 0 Å². The summed E-state index contributed by atoms with van der Waals surface area (Å²) < 4.78 is 7.87. The smallest absolute Gasteiger partial charge is 0.167 e. The lowest BCUT2D eigenvalue weighted by Gasteiger charge is -2.27. The number of nitrogens with zero attached hydrogens (tertiary/aromatic N) is 3. The normalized spacial score (nSPS) is 31.8. The third-order valence-corrected chi connectivity index (χ3v) is 4.67. The van der Waals surface area contributed by atoms with Gasteiger partial charge in [-0.15, -0.1) is 0 Å². The van der Waals surface area contributed by atoms with Gasteiger partial charge in [-0.25, -0.2) is 9.97 Å². The molecular formula is C12H15IN4O5. The third kappa shape index (κ3) is 2.18. The van der Waals surface area contributed by atoms with Crippen LogP contribution >= 0.6 is 22.6 Å². The molecule has 0 radical (unpaired) electrons. The lowest BCUT2D eigenvalue weighted by atomic mass is 9.96. The van der Waals surface area contributed by atoms with Gasteiger partial charge < -0.3 is 24.6 Å². The fourth-order valence-corrected chi connectivity index (χ4v) is 3.49. The number of nitrogens with one attached hydrogen (secondary N) is 1. The molecule has 2 aromatic rings. The summed E-state index contributed by atoms with van der Waals surface area (Å²) in [6.07, 6.45) is -0.141. The average molecular weight is 422 g/mol. The first-order valence-electron chi connectivity index (χ1n) is 6.49. The summed E-state index contributed by atoms with van der Waals surface area (Å²) in [4.78, 5) is 8.08. The van der Waals surface area contributed by atoms with E-state index < -0.39 is 30.6 Å². The molecule has 1 aliphatic rings. The minimum absolute atomic E-state index is 0.227. The molecule has 0 unspecified atom stereocenters. The summed E-state index contributed by atoms with van der Waals surface area (Å²) in [6, 6.07) is 0. The quantitative estimate of drug-likeness (QED) is 0.341. The molecule has 2 aromatic heterocycles. The number of hydrogen-bond donors (Lipinski definition) is 5. The van der Waals surface area contributed by atoms with Gasteiger partial charge in [0.1, 0.15) is 29.8 Å². The fourth-order valence-electron chi connectivity index (χ4n) is 2.69. The Morgan fingerprint density at radius 2 is 2.23 bits per heavy atom. The number of aromatic nitrogens is 3. The van der Waals surface area contributed by atoms with Gasteiger partial charge in [-0.2, -0.15) is 0 Å². The van der Waals surface area contributed by atoms with Gasteiger partial charge in [-0.3, -0.25) is 10.7 Å². The maximum absolute atomic E-state index is 10.6. The number of rotatable bonds is 3. The highest BCUT2D eigenvalue weighted by Gasteiger charge is 2.53. The average Bonchev–Trinajstić information content (AvgIpc) is 2.95. The molecule has 0 aromatic carbocycles.